The average molecular weight is 367 g/mol. The summed E-state index contributed by atoms with van der Waals surface area (Å²) in [7, 11) is 1.79. The highest BCUT2D eigenvalue weighted by atomic mass is 19.4. The van der Waals surface area contributed by atoms with Crippen LogP contribution < -0.4 is 19.7 Å². The highest BCUT2D eigenvalue weighted by molar-refractivity contribution is 5.92. The van der Waals surface area contributed by atoms with Gasteiger partial charge in [-0.25, -0.2) is 0 Å². The zero-order valence-corrected chi connectivity index (χ0v) is 14.0. The normalized spacial score (nSPS) is 14.2. The van der Waals surface area contributed by atoms with Gasteiger partial charge in [-0.2, -0.15) is 13.2 Å². The van der Waals surface area contributed by atoms with E-state index >= 15 is 0 Å². The third-order valence-corrected chi connectivity index (χ3v) is 3.91. The molecule has 1 unspecified atom stereocenters. The average Bonchev–Trinajstić information content (AvgIpc) is 3.01. The molecule has 1 atom stereocenters. The molecule has 3 rings (SSSR count). The van der Waals surface area contributed by atoms with Crippen LogP contribution in [0.5, 0.6) is 11.5 Å². The first-order chi connectivity index (χ1) is 12.3. The van der Waals surface area contributed by atoms with Crippen molar-refractivity contribution in [3.05, 3.63) is 53.6 Å². The van der Waals surface area contributed by atoms with Crippen molar-refractivity contribution < 1.29 is 32.3 Å². The van der Waals surface area contributed by atoms with Gasteiger partial charge >= 0.3 is 6.18 Å². The first kappa shape index (κ1) is 18.1. The van der Waals surface area contributed by atoms with E-state index in [2.05, 4.69) is 5.32 Å². The molecule has 0 radical (unpaired) electrons. The fourth-order valence-electron chi connectivity index (χ4n) is 2.77. The molecule has 0 bridgehead atoms. The van der Waals surface area contributed by atoms with E-state index in [4.69, 9.17) is 9.47 Å². The van der Waals surface area contributed by atoms with E-state index in [-0.39, 0.29) is 19.0 Å². The number of amides is 1. The lowest BCUT2D eigenvalue weighted by atomic mass is 10.1. The number of ether oxygens (including phenoxy) is 2. The Morgan fingerprint density at radius 2 is 1.88 bits per heavy atom. The highest BCUT2D eigenvalue weighted by Gasteiger charge is 2.33. The van der Waals surface area contributed by atoms with Crippen LogP contribution >= 0.6 is 0 Å². The van der Waals surface area contributed by atoms with Crippen LogP contribution in [-0.2, 0) is 17.5 Å². The van der Waals surface area contributed by atoms with E-state index in [0.717, 1.165) is 16.5 Å². The first-order valence-corrected chi connectivity index (χ1v) is 7.99. The maximum atomic E-state index is 13.0. The number of hydrogen-bond acceptors (Lipinski definition) is 3. The van der Waals surface area contributed by atoms with E-state index in [9.17, 15) is 18.0 Å². The summed E-state index contributed by atoms with van der Waals surface area (Å²) in [5.74, 6) is 0.840. The van der Waals surface area contributed by atoms with Gasteiger partial charge in [0, 0.05) is 5.56 Å². The van der Waals surface area contributed by atoms with Gasteiger partial charge in [0.15, 0.2) is 18.0 Å². The number of anilines is 1. The number of quaternary nitrogens is 1. The van der Waals surface area contributed by atoms with E-state index in [0.29, 0.717) is 18.0 Å². The van der Waals surface area contributed by atoms with Crippen LogP contribution in [0.4, 0.5) is 18.9 Å². The molecule has 1 amide bonds. The quantitative estimate of drug-likeness (QED) is 0.851. The zero-order valence-electron chi connectivity index (χ0n) is 14.0. The fourth-order valence-corrected chi connectivity index (χ4v) is 2.77. The maximum Gasteiger partial charge on any atom is 0.418 e. The van der Waals surface area contributed by atoms with Crippen LogP contribution in [0, 0.1) is 0 Å². The van der Waals surface area contributed by atoms with E-state index in [1.165, 1.54) is 18.2 Å². The number of nitrogens with one attached hydrogen (secondary N) is 2. The summed E-state index contributed by atoms with van der Waals surface area (Å²) in [6.45, 7) is 0.730. The van der Waals surface area contributed by atoms with Crippen LogP contribution in [0.2, 0.25) is 0 Å². The van der Waals surface area contributed by atoms with Crippen molar-refractivity contribution in [1.29, 1.82) is 0 Å². The second-order valence-corrected chi connectivity index (χ2v) is 6.09. The molecule has 0 aliphatic carbocycles. The molecule has 1 aliphatic rings. The molecule has 0 aromatic heterocycles. The van der Waals surface area contributed by atoms with E-state index in [1.807, 2.05) is 12.1 Å². The van der Waals surface area contributed by atoms with Crippen molar-refractivity contribution in [3.63, 3.8) is 0 Å². The molecule has 0 spiro atoms. The monoisotopic (exact) mass is 367 g/mol. The second-order valence-electron chi connectivity index (χ2n) is 6.09. The number of fused-ring (bicyclic) bond motifs is 1. The summed E-state index contributed by atoms with van der Waals surface area (Å²) in [6.07, 6.45) is -4.52. The minimum atomic E-state index is -4.52. The number of carbonyl (C=O) groups is 1. The van der Waals surface area contributed by atoms with Crippen LogP contribution in [0.15, 0.2) is 42.5 Å². The van der Waals surface area contributed by atoms with Crippen molar-refractivity contribution >= 4 is 11.6 Å². The minimum Gasteiger partial charge on any atom is -0.454 e. The summed E-state index contributed by atoms with van der Waals surface area (Å²) in [5.41, 5.74) is -0.155. The van der Waals surface area contributed by atoms with Crippen LogP contribution in [0.25, 0.3) is 0 Å². The molecule has 2 aromatic rings. The molecule has 1 aliphatic heterocycles. The van der Waals surface area contributed by atoms with Crippen LogP contribution in [0.1, 0.15) is 11.1 Å². The van der Waals surface area contributed by atoms with Crippen molar-refractivity contribution in [1.82, 2.24) is 0 Å². The maximum absolute atomic E-state index is 13.0. The van der Waals surface area contributed by atoms with E-state index in [1.54, 1.807) is 13.1 Å². The number of alkyl halides is 3. The van der Waals surface area contributed by atoms with Gasteiger partial charge in [0.25, 0.3) is 5.91 Å². The summed E-state index contributed by atoms with van der Waals surface area (Å²) >= 11 is 0. The molecule has 0 saturated heterocycles. The minimum absolute atomic E-state index is 0.0284. The molecule has 8 heteroatoms. The van der Waals surface area contributed by atoms with Gasteiger partial charge < -0.3 is 19.7 Å². The molecule has 2 aromatic carbocycles. The molecule has 0 saturated carbocycles. The summed E-state index contributed by atoms with van der Waals surface area (Å²) in [6, 6.07) is 10.4. The predicted octanol–water partition coefficient (Wildman–Crippen LogP) is 2.09. The number of rotatable bonds is 5. The number of likely N-dealkylation sites (N-methyl/N-ethyl adjacent to an activating group) is 1. The third kappa shape index (κ3) is 4.26. The topological polar surface area (TPSA) is 52.0 Å². The van der Waals surface area contributed by atoms with Crippen molar-refractivity contribution in [2.75, 3.05) is 25.7 Å². The molecular formula is C18H18F3N2O3+. The molecule has 2 N–H and O–H groups in total. The van der Waals surface area contributed by atoms with Crippen molar-refractivity contribution in [2.45, 2.75) is 12.7 Å². The molecule has 1 heterocycles. The molecule has 5 nitrogen and oxygen atoms in total. The van der Waals surface area contributed by atoms with Gasteiger partial charge in [0.2, 0.25) is 6.79 Å². The number of hydrogen-bond donors (Lipinski definition) is 2. The molecule has 26 heavy (non-hydrogen) atoms. The van der Waals surface area contributed by atoms with Gasteiger partial charge in [0.1, 0.15) is 6.54 Å². The van der Waals surface area contributed by atoms with Crippen LogP contribution in [-0.4, -0.2) is 26.3 Å². The number of carbonyl (C=O) groups excluding carboxylic acids is 1. The Hall–Kier alpha value is -2.74. The van der Waals surface area contributed by atoms with Crippen molar-refractivity contribution in [2.24, 2.45) is 0 Å². The van der Waals surface area contributed by atoms with Crippen molar-refractivity contribution in [3.8, 4) is 11.5 Å². The second kappa shape index (κ2) is 7.25. The van der Waals surface area contributed by atoms with Gasteiger partial charge in [-0.15, -0.1) is 0 Å². The summed E-state index contributed by atoms with van der Waals surface area (Å²) < 4.78 is 49.5. The van der Waals surface area contributed by atoms with E-state index < -0.39 is 17.6 Å². The largest absolute Gasteiger partial charge is 0.454 e. The number of para-hydroxylation sites is 1. The fraction of sp³-hybridized carbons (Fsp3) is 0.278. The number of benzene rings is 2. The molecule has 138 valence electrons. The Balaban J connectivity index is 1.60. The molecule has 0 fully saturated rings. The standard InChI is InChI=1S/C18H17F3N2O3/c1-23(9-12-6-7-15-16(8-12)26-11-25-15)10-17(24)22-14-5-3-2-4-13(14)18(19,20)21/h2-8H,9-11H2,1H3,(H,22,24)/p+1. The smallest absolute Gasteiger partial charge is 0.418 e. The Morgan fingerprint density at radius 3 is 2.65 bits per heavy atom. The first-order valence-electron chi connectivity index (χ1n) is 7.99. The Morgan fingerprint density at radius 1 is 1.15 bits per heavy atom. The van der Waals surface area contributed by atoms with Gasteiger partial charge in [-0.1, -0.05) is 12.1 Å². The van der Waals surface area contributed by atoms with Gasteiger partial charge in [-0.3, -0.25) is 4.79 Å². The third-order valence-electron chi connectivity index (χ3n) is 3.91. The SMILES string of the molecule is C[NH+](CC(=O)Nc1ccccc1C(F)(F)F)Cc1ccc2c(c1)OCO2. The lowest BCUT2D eigenvalue weighted by Crippen LogP contribution is -3.08. The lowest BCUT2D eigenvalue weighted by Gasteiger charge is -2.16. The Labute approximate surface area is 148 Å². The Kier molecular flexibility index (Phi) is 5.03. The highest BCUT2D eigenvalue weighted by Crippen LogP contribution is 2.34. The summed E-state index contributed by atoms with van der Waals surface area (Å²) in [4.78, 5) is 13.0. The Bertz CT molecular complexity index is 809. The van der Waals surface area contributed by atoms with Gasteiger partial charge in [0.05, 0.1) is 18.3 Å². The predicted molar refractivity (Wildman–Crippen MR) is 88.1 cm³/mol. The summed E-state index contributed by atoms with van der Waals surface area (Å²) in [5, 5.41) is 2.35. The lowest BCUT2D eigenvalue weighted by molar-refractivity contribution is -0.885. The van der Waals surface area contributed by atoms with Gasteiger partial charge in [-0.05, 0) is 30.3 Å². The molecular weight excluding hydrogens is 349 g/mol. The zero-order chi connectivity index (χ0) is 18.7. The van der Waals surface area contributed by atoms with Crippen LogP contribution in [0.3, 0.4) is 0 Å². The number of halogens is 3.